The smallest absolute Gasteiger partial charge is 0.311 e. The summed E-state index contributed by atoms with van der Waals surface area (Å²) in [6, 6.07) is 0. The van der Waals surface area contributed by atoms with Gasteiger partial charge < -0.3 is 14.9 Å². The Labute approximate surface area is 77.5 Å². The molecule has 1 aliphatic rings. The lowest BCUT2D eigenvalue weighted by Crippen LogP contribution is -2.46. The molecule has 1 aliphatic heterocycles. The molecular formula is C9H16O4. The second kappa shape index (κ2) is 4.07. The lowest BCUT2D eigenvalue weighted by molar-refractivity contribution is -0.178. The first kappa shape index (κ1) is 10.5. The zero-order valence-corrected chi connectivity index (χ0v) is 7.93. The van der Waals surface area contributed by atoms with Gasteiger partial charge in [0.2, 0.25) is 0 Å². The number of hydrogen-bond donors (Lipinski definition) is 2. The molecule has 1 saturated heterocycles. The number of aliphatic hydroxyl groups excluding tert-OH is 2. The van der Waals surface area contributed by atoms with Crippen LogP contribution in [0.5, 0.6) is 0 Å². The van der Waals surface area contributed by atoms with Crippen molar-refractivity contribution in [2.45, 2.75) is 32.5 Å². The third-order valence-electron chi connectivity index (χ3n) is 2.69. The molecule has 0 aromatic heterocycles. The quantitative estimate of drug-likeness (QED) is 0.595. The van der Waals surface area contributed by atoms with Crippen LogP contribution in [0, 0.1) is 11.8 Å². The Morgan fingerprint density at radius 1 is 1.46 bits per heavy atom. The topological polar surface area (TPSA) is 66.8 Å². The van der Waals surface area contributed by atoms with Crippen molar-refractivity contribution in [1.29, 1.82) is 0 Å². The summed E-state index contributed by atoms with van der Waals surface area (Å²) in [4.78, 5) is 11.2. The number of carbonyl (C=O) groups excluding carboxylic acids is 1. The maximum atomic E-state index is 11.2. The van der Waals surface area contributed by atoms with Gasteiger partial charge in [0, 0.05) is 18.9 Å². The van der Waals surface area contributed by atoms with Crippen LogP contribution in [-0.2, 0) is 9.53 Å². The van der Waals surface area contributed by atoms with E-state index in [1.807, 2.05) is 6.92 Å². The second-order valence-corrected chi connectivity index (χ2v) is 3.63. The van der Waals surface area contributed by atoms with Crippen molar-refractivity contribution in [2.24, 2.45) is 11.8 Å². The van der Waals surface area contributed by atoms with E-state index in [4.69, 9.17) is 9.84 Å². The lowest BCUT2D eigenvalue weighted by Gasteiger charge is -2.35. The summed E-state index contributed by atoms with van der Waals surface area (Å²) in [5.41, 5.74) is 0. The maximum Gasteiger partial charge on any atom is 0.311 e. The van der Waals surface area contributed by atoms with Gasteiger partial charge in [-0.25, -0.2) is 0 Å². The van der Waals surface area contributed by atoms with Crippen LogP contribution in [-0.4, -0.2) is 35.0 Å². The Hall–Kier alpha value is -0.610. The molecule has 76 valence electrons. The molecule has 0 spiro atoms. The number of aliphatic hydroxyl groups is 2. The van der Waals surface area contributed by atoms with Crippen LogP contribution < -0.4 is 0 Å². The van der Waals surface area contributed by atoms with E-state index in [-0.39, 0.29) is 24.6 Å². The molecule has 0 aliphatic carbocycles. The van der Waals surface area contributed by atoms with Crippen molar-refractivity contribution in [3.8, 4) is 0 Å². The molecular weight excluding hydrogens is 172 g/mol. The Balaban J connectivity index is 2.64. The summed E-state index contributed by atoms with van der Waals surface area (Å²) < 4.78 is 5.06. The predicted molar refractivity (Wildman–Crippen MR) is 45.9 cm³/mol. The SMILES string of the molecule is C[C@@H]1[C@@H](O)[C@H](C)C(=O)O[C@H]1CCO. The Kier molecular flexibility index (Phi) is 3.27. The summed E-state index contributed by atoms with van der Waals surface area (Å²) in [7, 11) is 0. The molecule has 0 aromatic rings. The number of ether oxygens (including phenoxy) is 1. The standard InChI is InChI=1S/C9H16O4/c1-5-7(3-4-10)13-9(12)6(2)8(5)11/h5-8,10-11H,3-4H2,1-2H3/t5-,6-,7-,8+/m0/s1. The maximum absolute atomic E-state index is 11.2. The van der Waals surface area contributed by atoms with Gasteiger partial charge in [-0.3, -0.25) is 4.79 Å². The van der Waals surface area contributed by atoms with Gasteiger partial charge in [-0.15, -0.1) is 0 Å². The molecule has 0 radical (unpaired) electrons. The highest BCUT2D eigenvalue weighted by Gasteiger charge is 2.39. The minimum Gasteiger partial charge on any atom is -0.462 e. The lowest BCUT2D eigenvalue weighted by atomic mass is 9.85. The van der Waals surface area contributed by atoms with E-state index < -0.39 is 12.0 Å². The number of cyclic esters (lactones) is 1. The minimum atomic E-state index is -0.655. The minimum absolute atomic E-state index is 0.0244. The van der Waals surface area contributed by atoms with Gasteiger partial charge >= 0.3 is 5.97 Å². The van der Waals surface area contributed by atoms with Gasteiger partial charge in [0.15, 0.2) is 0 Å². The summed E-state index contributed by atoms with van der Waals surface area (Å²) in [6.45, 7) is 3.45. The third-order valence-corrected chi connectivity index (χ3v) is 2.69. The van der Waals surface area contributed by atoms with E-state index in [9.17, 15) is 9.90 Å². The van der Waals surface area contributed by atoms with Crippen molar-refractivity contribution < 1.29 is 19.7 Å². The van der Waals surface area contributed by atoms with Crippen LogP contribution in [0.2, 0.25) is 0 Å². The zero-order chi connectivity index (χ0) is 10.0. The molecule has 4 heteroatoms. The number of rotatable bonds is 2. The first-order chi connectivity index (χ1) is 6.07. The first-order valence-corrected chi connectivity index (χ1v) is 4.57. The molecule has 4 nitrogen and oxygen atoms in total. The number of esters is 1. The Morgan fingerprint density at radius 3 is 2.62 bits per heavy atom. The van der Waals surface area contributed by atoms with Gasteiger partial charge in [0.1, 0.15) is 6.10 Å². The number of carbonyl (C=O) groups is 1. The molecule has 13 heavy (non-hydrogen) atoms. The third kappa shape index (κ3) is 2.00. The normalized spacial score (nSPS) is 40.2. The van der Waals surface area contributed by atoms with Crippen molar-refractivity contribution in [3.05, 3.63) is 0 Å². The van der Waals surface area contributed by atoms with Gasteiger partial charge in [-0.1, -0.05) is 6.92 Å². The molecule has 0 saturated carbocycles. The predicted octanol–water partition coefficient (Wildman–Crippen LogP) is -0.0727. The van der Waals surface area contributed by atoms with Crippen LogP contribution in [0.4, 0.5) is 0 Å². The average Bonchev–Trinajstić information content (AvgIpc) is 2.11. The van der Waals surface area contributed by atoms with Crippen LogP contribution in [0.25, 0.3) is 0 Å². The molecule has 0 amide bonds. The molecule has 4 atom stereocenters. The molecule has 0 unspecified atom stereocenters. The van der Waals surface area contributed by atoms with Gasteiger partial charge in [0.25, 0.3) is 0 Å². The van der Waals surface area contributed by atoms with E-state index >= 15 is 0 Å². The zero-order valence-electron chi connectivity index (χ0n) is 7.93. The van der Waals surface area contributed by atoms with Crippen molar-refractivity contribution in [3.63, 3.8) is 0 Å². The van der Waals surface area contributed by atoms with Crippen LogP contribution >= 0.6 is 0 Å². The molecule has 1 rings (SSSR count). The molecule has 0 bridgehead atoms. The van der Waals surface area contributed by atoms with Crippen molar-refractivity contribution >= 4 is 5.97 Å². The second-order valence-electron chi connectivity index (χ2n) is 3.63. The highest BCUT2D eigenvalue weighted by molar-refractivity contribution is 5.73. The Bertz CT molecular complexity index is 192. The largest absolute Gasteiger partial charge is 0.462 e. The van der Waals surface area contributed by atoms with E-state index in [0.717, 1.165) is 0 Å². The molecule has 1 fully saturated rings. The molecule has 2 N–H and O–H groups in total. The van der Waals surface area contributed by atoms with Crippen molar-refractivity contribution in [1.82, 2.24) is 0 Å². The number of hydrogen-bond acceptors (Lipinski definition) is 4. The Morgan fingerprint density at radius 2 is 2.08 bits per heavy atom. The van der Waals surface area contributed by atoms with E-state index in [1.54, 1.807) is 6.92 Å². The monoisotopic (exact) mass is 188 g/mol. The fourth-order valence-corrected chi connectivity index (χ4v) is 1.63. The summed E-state index contributed by atoms with van der Waals surface area (Å²) in [5.74, 6) is -0.922. The average molecular weight is 188 g/mol. The van der Waals surface area contributed by atoms with E-state index in [1.165, 1.54) is 0 Å². The summed E-state index contributed by atoms with van der Waals surface area (Å²) in [6.07, 6.45) is -0.599. The van der Waals surface area contributed by atoms with Crippen LogP contribution in [0.15, 0.2) is 0 Å². The fraction of sp³-hybridized carbons (Fsp3) is 0.889. The molecule has 0 aromatic carbocycles. The van der Waals surface area contributed by atoms with E-state index in [0.29, 0.717) is 6.42 Å². The highest BCUT2D eigenvalue weighted by Crippen LogP contribution is 2.27. The summed E-state index contributed by atoms with van der Waals surface area (Å²) >= 11 is 0. The van der Waals surface area contributed by atoms with Crippen molar-refractivity contribution in [2.75, 3.05) is 6.61 Å². The highest BCUT2D eigenvalue weighted by atomic mass is 16.5. The van der Waals surface area contributed by atoms with Gasteiger partial charge in [-0.2, -0.15) is 0 Å². The molecule has 1 heterocycles. The summed E-state index contributed by atoms with van der Waals surface area (Å²) in [5, 5.41) is 18.3. The van der Waals surface area contributed by atoms with Gasteiger partial charge in [-0.05, 0) is 6.92 Å². The first-order valence-electron chi connectivity index (χ1n) is 4.57. The van der Waals surface area contributed by atoms with Crippen LogP contribution in [0.3, 0.4) is 0 Å². The van der Waals surface area contributed by atoms with E-state index in [2.05, 4.69) is 0 Å². The fourth-order valence-electron chi connectivity index (χ4n) is 1.63. The van der Waals surface area contributed by atoms with Gasteiger partial charge in [0.05, 0.1) is 12.0 Å². The van der Waals surface area contributed by atoms with Crippen LogP contribution in [0.1, 0.15) is 20.3 Å².